The van der Waals surface area contributed by atoms with Gasteiger partial charge in [0, 0.05) is 12.6 Å². The molecule has 2 fully saturated rings. The fraction of sp³-hybridized carbons (Fsp3) is 0.667. The predicted molar refractivity (Wildman–Crippen MR) is 86.6 cm³/mol. The maximum Gasteiger partial charge on any atom is 0.0897 e. The lowest BCUT2D eigenvalue weighted by Crippen LogP contribution is -2.50. The summed E-state index contributed by atoms with van der Waals surface area (Å²) in [6.45, 7) is 8.59. The number of likely N-dealkylation sites (N-methyl/N-ethyl adjacent to an activating group) is 1. The third-order valence-corrected chi connectivity index (χ3v) is 4.93. The summed E-state index contributed by atoms with van der Waals surface area (Å²) in [5.74, 6) is 0. The number of aryl methyl sites for hydroxylation is 1. The van der Waals surface area contributed by atoms with Crippen molar-refractivity contribution in [3.05, 3.63) is 35.4 Å². The summed E-state index contributed by atoms with van der Waals surface area (Å²) in [5.41, 5.74) is 2.78. The summed E-state index contributed by atoms with van der Waals surface area (Å²) in [6, 6.07) is 9.96. The van der Waals surface area contributed by atoms with Crippen molar-refractivity contribution in [3.8, 4) is 0 Å². The molecule has 0 bridgehead atoms. The molecule has 1 aromatic rings. The van der Waals surface area contributed by atoms with E-state index in [-0.39, 0.29) is 6.10 Å². The number of ether oxygens (including phenoxy) is 1. The van der Waals surface area contributed by atoms with Crippen LogP contribution in [0.1, 0.15) is 43.9 Å². The lowest BCUT2D eigenvalue weighted by molar-refractivity contribution is -0.0650. The van der Waals surface area contributed by atoms with E-state index in [1.165, 1.54) is 30.5 Å². The minimum atomic E-state index is 0.270. The molecule has 0 radical (unpaired) electrons. The van der Waals surface area contributed by atoms with Crippen LogP contribution < -0.4 is 5.32 Å². The average molecular weight is 288 g/mol. The SMILES string of the molecule is CCNC(c1cccc(CC)c1)C1CN2CCCC2CO1. The van der Waals surface area contributed by atoms with Gasteiger partial charge in [-0.1, -0.05) is 38.1 Å². The van der Waals surface area contributed by atoms with Gasteiger partial charge in [0.05, 0.1) is 18.8 Å². The Kier molecular flexibility index (Phi) is 4.94. The molecule has 0 spiro atoms. The molecule has 3 rings (SSSR count). The summed E-state index contributed by atoms with van der Waals surface area (Å²) >= 11 is 0. The molecule has 0 saturated carbocycles. The largest absolute Gasteiger partial charge is 0.373 e. The number of rotatable bonds is 5. The summed E-state index contributed by atoms with van der Waals surface area (Å²) in [4.78, 5) is 2.63. The quantitative estimate of drug-likeness (QED) is 0.901. The highest BCUT2D eigenvalue weighted by atomic mass is 16.5. The highest BCUT2D eigenvalue weighted by Crippen LogP contribution is 2.29. The third kappa shape index (κ3) is 3.31. The number of nitrogens with zero attached hydrogens (tertiary/aromatic N) is 1. The van der Waals surface area contributed by atoms with Crippen LogP contribution in [0.4, 0.5) is 0 Å². The average Bonchev–Trinajstić information content (AvgIpc) is 3.00. The van der Waals surface area contributed by atoms with Crippen LogP contribution in [-0.2, 0) is 11.2 Å². The minimum Gasteiger partial charge on any atom is -0.373 e. The van der Waals surface area contributed by atoms with Crippen LogP contribution in [-0.4, -0.2) is 43.3 Å². The number of fused-ring (bicyclic) bond motifs is 1. The van der Waals surface area contributed by atoms with Gasteiger partial charge in [0.25, 0.3) is 0 Å². The van der Waals surface area contributed by atoms with E-state index in [0.29, 0.717) is 12.1 Å². The van der Waals surface area contributed by atoms with Crippen LogP contribution in [0.25, 0.3) is 0 Å². The molecule has 0 aromatic heterocycles. The summed E-state index contributed by atoms with van der Waals surface area (Å²) < 4.78 is 6.23. The molecule has 0 aliphatic carbocycles. The Hall–Kier alpha value is -0.900. The van der Waals surface area contributed by atoms with Gasteiger partial charge >= 0.3 is 0 Å². The second-order valence-electron chi connectivity index (χ2n) is 6.30. The molecule has 2 heterocycles. The van der Waals surface area contributed by atoms with Crippen LogP contribution in [0.15, 0.2) is 24.3 Å². The van der Waals surface area contributed by atoms with E-state index in [9.17, 15) is 0 Å². The van der Waals surface area contributed by atoms with Crippen molar-refractivity contribution in [2.75, 3.05) is 26.2 Å². The normalized spacial score (nSPS) is 27.5. The Balaban J connectivity index is 1.77. The van der Waals surface area contributed by atoms with Gasteiger partial charge in [-0.3, -0.25) is 4.90 Å². The van der Waals surface area contributed by atoms with Gasteiger partial charge in [-0.25, -0.2) is 0 Å². The zero-order valence-corrected chi connectivity index (χ0v) is 13.3. The molecule has 2 aliphatic rings. The number of benzene rings is 1. The second-order valence-corrected chi connectivity index (χ2v) is 6.30. The maximum atomic E-state index is 6.23. The molecule has 2 aliphatic heterocycles. The Labute approximate surface area is 128 Å². The van der Waals surface area contributed by atoms with Gasteiger partial charge < -0.3 is 10.1 Å². The Morgan fingerprint density at radius 3 is 3.10 bits per heavy atom. The van der Waals surface area contributed by atoms with Gasteiger partial charge in [0.15, 0.2) is 0 Å². The molecule has 3 unspecified atom stereocenters. The van der Waals surface area contributed by atoms with Gasteiger partial charge in [-0.15, -0.1) is 0 Å². The molecule has 1 aromatic carbocycles. The number of nitrogens with one attached hydrogen (secondary N) is 1. The molecule has 3 nitrogen and oxygen atoms in total. The van der Waals surface area contributed by atoms with E-state index in [2.05, 4.69) is 48.3 Å². The maximum absolute atomic E-state index is 6.23. The summed E-state index contributed by atoms with van der Waals surface area (Å²) in [7, 11) is 0. The molecule has 21 heavy (non-hydrogen) atoms. The highest BCUT2D eigenvalue weighted by molar-refractivity contribution is 5.27. The van der Waals surface area contributed by atoms with E-state index in [0.717, 1.165) is 26.1 Å². The van der Waals surface area contributed by atoms with E-state index in [4.69, 9.17) is 4.74 Å². The first-order valence-electron chi connectivity index (χ1n) is 8.49. The lowest BCUT2D eigenvalue weighted by Gasteiger charge is -2.39. The van der Waals surface area contributed by atoms with Gasteiger partial charge in [-0.2, -0.15) is 0 Å². The van der Waals surface area contributed by atoms with Crippen LogP contribution in [0.2, 0.25) is 0 Å². The van der Waals surface area contributed by atoms with Gasteiger partial charge in [0.1, 0.15) is 0 Å². The molecule has 1 N–H and O–H groups in total. The Morgan fingerprint density at radius 2 is 2.29 bits per heavy atom. The monoisotopic (exact) mass is 288 g/mol. The first kappa shape index (κ1) is 15.0. The Morgan fingerprint density at radius 1 is 1.38 bits per heavy atom. The first-order valence-corrected chi connectivity index (χ1v) is 8.49. The van der Waals surface area contributed by atoms with Crippen LogP contribution >= 0.6 is 0 Å². The molecule has 0 amide bonds. The summed E-state index contributed by atoms with van der Waals surface area (Å²) in [6.07, 6.45) is 4.00. The van der Waals surface area contributed by atoms with Crippen molar-refractivity contribution in [1.82, 2.24) is 10.2 Å². The molecular formula is C18H28N2O. The zero-order chi connectivity index (χ0) is 14.7. The minimum absolute atomic E-state index is 0.270. The smallest absolute Gasteiger partial charge is 0.0897 e. The molecule has 2 saturated heterocycles. The van der Waals surface area contributed by atoms with Crippen molar-refractivity contribution in [2.45, 2.75) is 51.3 Å². The first-order chi connectivity index (χ1) is 10.3. The van der Waals surface area contributed by atoms with Crippen molar-refractivity contribution in [3.63, 3.8) is 0 Å². The number of hydrogen-bond donors (Lipinski definition) is 1. The van der Waals surface area contributed by atoms with E-state index in [1.807, 2.05) is 0 Å². The topological polar surface area (TPSA) is 24.5 Å². The van der Waals surface area contributed by atoms with Gasteiger partial charge in [0.2, 0.25) is 0 Å². The fourth-order valence-electron chi connectivity index (χ4n) is 3.73. The van der Waals surface area contributed by atoms with E-state index in [1.54, 1.807) is 0 Å². The fourth-order valence-corrected chi connectivity index (χ4v) is 3.73. The van der Waals surface area contributed by atoms with E-state index < -0.39 is 0 Å². The molecular weight excluding hydrogens is 260 g/mol. The van der Waals surface area contributed by atoms with Crippen LogP contribution in [0.3, 0.4) is 0 Å². The van der Waals surface area contributed by atoms with Crippen molar-refractivity contribution < 1.29 is 4.74 Å². The summed E-state index contributed by atoms with van der Waals surface area (Å²) in [5, 5.41) is 3.65. The van der Waals surface area contributed by atoms with E-state index >= 15 is 0 Å². The number of morpholine rings is 1. The zero-order valence-electron chi connectivity index (χ0n) is 13.3. The number of hydrogen-bond acceptors (Lipinski definition) is 3. The highest BCUT2D eigenvalue weighted by Gasteiger charge is 2.36. The van der Waals surface area contributed by atoms with Crippen molar-refractivity contribution in [1.29, 1.82) is 0 Å². The predicted octanol–water partition coefficient (Wildman–Crippen LogP) is 2.76. The van der Waals surface area contributed by atoms with Crippen molar-refractivity contribution in [2.24, 2.45) is 0 Å². The van der Waals surface area contributed by atoms with Crippen molar-refractivity contribution >= 4 is 0 Å². The Bertz CT molecular complexity index is 462. The van der Waals surface area contributed by atoms with Crippen LogP contribution in [0.5, 0.6) is 0 Å². The van der Waals surface area contributed by atoms with Crippen LogP contribution in [0, 0.1) is 0 Å². The molecule has 3 heteroatoms. The molecule has 3 atom stereocenters. The standard InChI is InChI=1S/C18H28N2O/c1-3-14-7-5-8-15(11-14)18(19-4-2)17-12-20-10-6-9-16(20)13-21-17/h5,7-8,11,16-19H,3-4,6,9-10,12-13H2,1-2H3. The molecule has 116 valence electrons. The lowest BCUT2D eigenvalue weighted by atomic mass is 9.97. The third-order valence-electron chi connectivity index (χ3n) is 4.93. The second kappa shape index (κ2) is 6.91. The van der Waals surface area contributed by atoms with Gasteiger partial charge in [-0.05, 0) is 43.5 Å².